The number of benzene rings is 1. The van der Waals surface area contributed by atoms with Gasteiger partial charge in [0.1, 0.15) is 0 Å². The summed E-state index contributed by atoms with van der Waals surface area (Å²) in [6.45, 7) is 5.15. The first kappa shape index (κ1) is 16.7. The molecule has 2 atom stereocenters. The summed E-state index contributed by atoms with van der Waals surface area (Å²) in [5.41, 5.74) is 0. The van der Waals surface area contributed by atoms with E-state index >= 15 is 0 Å². The molecule has 0 spiro atoms. The minimum absolute atomic E-state index is 0.0262. The van der Waals surface area contributed by atoms with Crippen LogP contribution in [0.25, 0.3) is 0 Å². The fourth-order valence-corrected chi connectivity index (χ4v) is 3.61. The number of sulfonamides is 1. The fraction of sp³-hybridized carbons (Fsp3) is 0.500. The van der Waals surface area contributed by atoms with Gasteiger partial charge in [0.15, 0.2) is 0 Å². The molecule has 1 aromatic rings. The summed E-state index contributed by atoms with van der Waals surface area (Å²) in [4.78, 5) is 11.2. The zero-order valence-corrected chi connectivity index (χ0v) is 12.8. The minimum atomic E-state index is -3.67. The van der Waals surface area contributed by atoms with Crippen molar-refractivity contribution in [2.75, 3.05) is 6.54 Å². The van der Waals surface area contributed by atoms with Gasteiger partial charge in [-0.15, -0.1) is 0 Å². The third kappa shape index (κ3) is 3.80. The summed E-state index contributed by atoms with van der Waals surface area (Å²) in [6, 6.07) is 7.85. The van der Waals surface area contributed by atoms with Crippen LogP contribution in [0.1, 0.15) is 27.2 Å². The van der Waals surface area contributed by atoms with Crippen molar-refractivity contribution in [2.45, 2.75) is 38.1 Å². The van der Waals surface area contributed by atoms with Crippen LogP contribution in [-0.2, 0) is 14.8 Å². The van der Waals surface area contributed by atoms with E-state index in [1.54, 1.807) is 25.1 Å². The topological polar surface area (TPSA) is 74.7 Å². The number of nitrogens with zero attached hydrogens (tertiary/aromatic N) is 1. The molecule has 6 heteroatoms. The highest BCUT2D eigenvalue weighted by Gasteiger charge is 2.31. The number of rotatable bonds is 7. The molecule has 2 unspecified atom stereocenters. The average Bonchev–Trinajstić information content (AvgIpc) is 2.44. The molecule has 0 saturated heterocycles. The Labute approximate surface area is 120 Å². The van der Waals surface area contributed by atoms with Crippen LogP contribution in [0.5, 0.6) is 0 Å². The molecule has 1 aromatic carbocycles. The van der Waals surface area contributed by atoms with E-state index in [-0.39, 0.29) is 17.5 Å². The Morgan fingerprint density at radius 3 is 2.25 bits per heavy atom. The van der Waals surface area contributed by atoms with Crippen molar-refractivity contribution in [3.05, 3.63) is 30.3 Å². The lowest BCUT2D eigenvalue weighted by Gasteiger charge is -2.29. The lowest BCUT2D eigenvalue weighted by atomic mass is 10.1. The molecule has 0 aromatic heterocycles. The summed E-state index contributed by atoms with van der Waals surface area (Å²) < 4.78 is 26.5. The number of carboxylic acid groups (broad SMARTS) is 1. The SMILES string of the molecule is CCC(C)N(CC(C)C(=O)O)S(=O)(=O)c1ccccc1. The summed E-state index contributed by atoms with van der Waals surface area (Å²) in [7, 11) is -3.67. The molecule has 0 aliphatic heterocycles. The highest BCUT2D eigenvalue weighted by Crippen LogP contribution is 2.21. The van der Waals surface area contributed by atoms with Crippen molar-refractivity contribution in [3.8, 4) is 0 Å². The quantitative estimate of drug-likeness (QED) is 0.837. The number of carbonyl (C=O) groups is 1. The molecular weight excluding hydrogens is 278 g/mol. The Hall–Kier alpha value is -1.40. The zero-order valence-electron chi connectivity index (χ0n) is 12.0. The lowest BCUT2D eigenvalue weighted by molar-refractivity contribution is -0.141. The van der Waals surface area contributed by atoms with E-state index in [1.807, 2.05) is 6.92 Å². The van der Waals surface area contributed by atoms with E-state index in [9.17, 15) is 13.2 Å². The second-order valence-corrected chi connectivity index (χ2v) is 6.77. The van der Waals surface area contributed by atoms with Crippen LogP contribution in [-0.4, -0.2) is 36.4 Å². The summed E-state index contributed by atoms with van der Waals surface area (Å²) in [6.07, 6.45) is 0.623. The standard InChI is InChI=1S/C14H21NO4S/c1-4-12(3)15(10-11(2)14(16)17)20(18,19)13-8-6-5-7-9-13/h5-9,11-12H,4,10H2,1-3H3,(H,16,17). The average molecular weight is 299 g/mol. The maximum atomic E-state index is 12.6. The lowest BCUT2D eigenvalue weighted by Crippen LogP contribution is -2.42. The Balaban J connectivity index is 3.14. The Kier molecular flexibility index (Phi) is 5.71. The molecular formula is C14H21NO4S. The maximum Gasteiger partial charge on any atom is 0.307 e. The van der Waals surface area contributed by atoms with Gasteiger partial charge < -0.3 is 5.11 Å². The molecule has 20 heavy (non-hydrogen) atoms. The van der Waals surface area contributed by atoms with Crippen LogP contribution in [0.4, 0.5) is 0 Å². The predicted molar refractivity (Wildman–Crippen MR) is 76.9 cm³/mol. The van der Waals surface area contributed by atoms with Gasteiger partial charge in [-0.2, -0.15) is 4.31 Å². The molecule has 1 rings (SSSR count). The van der Waals surface area contributed by atoms with Crippen molar-refractivity contribution < 1.29 is 18.3 Å². The van der Waals surface area contributed by atoms with Gasteiger partial charge in [-0.25, -0.2) is 8.42 Å². The monoisotopic (exact) mass is 299 g/mol. The van der Waals surface area contributed by atoms with Crippen LogP contribution >= 0.6 is 0 Å². The molecule has 0 bridgehead atoms. The molecule has 0 heterocycles. The van der Waals surface area contributed by atoms with Crippen molar-refractivity contribution in [2.24, 2.45) is 5.92 Å². The fourth-order valence-electron chi connectivity index (χ4n) is 1.79. The van der Waals surface area contributed by atoms with E-state index < -0.39 is 21.9 Å². The normalized spacial score (nSPS) is 15.0. The van der Waals surface area contributed by atoms with E-state index in [2.05, 4.69) is 0 Å². The predicted octanol–water partition coefficient (Wildman–Crippen LogP) is 2.20. The van der Waals surface area contributed by atoms with Gasteiger partial charge in [-0.1, -0.05) is 32.0 Å². The molecule has 0 saturated carbocycles. The molecule has 0 aliphatic rings. The van der Waals surface area contributed by atoms with Crippen LogP contribution in [0.3, 0.4) is 0 Å². The van der Waals surface area contributed by atoms with Crippen molar-refractivity contribution in [1.29, 1.82) is 0 Å². The Bertz CT molecular complexity index is 542. The molecule has 112 valence electrons. The van der Waals surface area contributed by atoms with Crippen LogP contribution in [0, 0.1) is 5.92 Å². The smallest absolute Gasteiger partial charge is 0.307 e. The molecule has 1 N–H and O–H groups in total. The van der Waals surface area contributed by atoms with E-state index in [0.717, 1.165) is 0 Å². The summed E-state index contributed by atoms with van der Waals surface area (Å²) >= 11 is 0. The van der Waals surface area contributed by atoms with Crippen molar-refractivity contribution in [1.82, 2.24) is 4.31 Å². The molecule has 5 nitrogen and oxygen atoms in total. The minimum Gasteiger partial charge on any atom is -0.481 e. The zero-order chi connectivity index (χ0) is 15.3. The molecule has 0 fully saturated rings. The van der Waals surface area contributed by atoms with Gasteiger partial charge >= 0.3 is 5.97 Å². The largest absolute Gasteiger partial charge is 0.481 e. The first-order valence-corrected chi connectivity index (χ1v) is 8.04. The van der Waals surface area contributed by atoms with Crippen LogP contribution in [0.2, 0.25) is 0 Å². The number of carboxylic acids is 1. The maximum absolute atomic E-state index is 12.6. The third-order valence-electron chi connectivity index (χ3n) is 3.31. The van der Waals surface area contributed by atoms with Gasteiger partial charge in [0, 0.05) is 12.6 Å². The van der Waals surface area contributed by atoms with Gasteiger partial charge in [0.2, 0.25) is 10.0 Å². The highest BCUT2D eigenvalue weighted by molar-refractivity contribution is 7.89. The molecule has 0 amide bonds. The second-order valence-electron chi connectivity index (χ2n) is 4.88. The van der Waals surface area contributed by atoms with Gasteiger partial charge in [0.25, 0.3) is 0 Å². The number of hydrogen-bond acceptors (Lipinski definition) is 3. The van der Waals surface area contributed by atoms with E-state index in [1.165, 1.54) is 23.4 Å². The van der Waals surface area contributed by atoms with Crippen molar-refractivity contribution >= 4 is 16.0 Å². The first-order valence-electron chi connectivity index (χ1n) is 6.60. The first-order chi connectivity index (χ1) is 9.30. The number of aliphatic carboxylic acids is 1. The van der Waals surface area contributed by atoms with Gasteiger partial charge in [-0.3, -0.25) is 4.79 Å². The summed E-state index contributed by atoms with van der Waals surface area (Å²) in [5, 5.41) is 9.00. The van der Waals surface area contributed by atoms with Gasteiger partial charge in [0.05, 0.1) is 10.8 Å². The molecule has 0 radical (unpaired) electrons. The third-order valence-corrected chi connectivity index (χ3v) is 5.30. The molecule has 0 aliphatic carbocycles. The number of hydrogen-bond donors (Lipinski definition) is 1. The van der Waals surface area contributed by atoms with Crippen LogP contribution in [0.15, 0.2) is 35.2 Å². The van der Waals surface area contributed by atoms with E-state index in [0.29, 0.717) is 6.42 Å². The van der Waals surface area contributed by atoms with Crippen LogP contribution < -0.4 is 0 Å². The van der Waals surface area contributed by atoms with Crippen molar-refractivity contribution in [3.63, 3.8) is 0 Å². The van der Waals surface area contributed by atoms with Gasteiger partial charge in [-0.05, 0) is 25.5 Å². The second kappa shape index (κ2) is 6.85. The Morgan fingerprint density at radius 2 is 1.80 bits per heavy atom. The highest BCUT2D eigenvalue weighted by atomic mass is 32.2. The van der Waals surface area contributed by atoms with E-state index in [4.69, 9.17) is 5.11 Å². The summed E-state index contributed by atoms with van der Waals surface area (Å²) in [5.74, 6) is -1.75. The Morgan fingerprint density at radius 1 is 1.25 bits per heavy atom.